The number of aromatic nitrogens is 2. The molecule has 16 heteroatoms. The van der Waals surface area contributed by atoms with E-state index in [0.717, 1.165) is 27.9 Å². The first-order valence-electron chi connectivity index (χ1n) is 8.64. The first-order chi connectivity index (χ1) is 14.9. The van der Waals surface area contributed by atoms with Gasteiger partial charge in [-0.2, -0.15) is 8.78 Å². The Morgan fingerprint density at radius 2 is 2.06 bits per heavy atom. The molecule has 0 aliphatic carbocycles. The van der Waals surface area contributed by atoms with Gasteiger partial charge in [0.1, 0.15) is 33.6 Å². The molecule has 3 heterocycles. The third-order valence-corrected chi connectivity index (χ3v) is 7.18. The Balaban J connectivity index is 1.80. The summed E-state index contributed by atoms with van der Waals surface area (Å²) in [7, 11) is -2.73. The lowest BCUT2D eigenvalue weighted by atomic mass is 10.1. The molecule has 12 nitrogen and oxygen atoms in total. The number of rotatable bonds is 5. The van der Waals surface area contributed by atoms with E-state index in [1.807, 2.05) is 5.32 Å². The van der Waals surface area contributed by atoms with Crippen molar-refractivity contribution in [3.05, 3.63) is 34.4 Å². The average Bonchev–Trinajstić information content (AvgIpc) is 3.14. The van der Waals surface area contributed by atoms with Crippen molar-refractivity contribution in [2.24, 2.45) is 4.99 Å². The van der Waals surface area contributed by atoms with E-state index in [1.54, 1.807) is 0 Å². The highest BCUT2D eigenvalue weighted by Gasteiger charge is 2.43. The standard InChI is InChI=1S/C16H16F2N6O6S2/c1-16(7-32(28,29)24(2)14(23-16)22-15(26)27)12-21-10(6-31-12)20-11(25)9-4-3-8(5-19-9)30-13(17)18/h3-6,13H,7H2,1-2H3,(H,20,25)(H,22,23)(H,26,27)/t16-/m0/s1. The molecule has 2 aromatic rings. The van der Waals surface area contributed by atoms with Gasteiger partial charge in [-0.25, -0.2) is 32.5 Å². The minimum absolute atomic E-state index is 0.0743. The largest absolute Gasteiger partial charge is 0.465 e. The van der Waals surface area contributed by atoms with Gasteiger partial charge in [-0.3, -0.25) is 10.1 Å². The molecule has 3 rings (SSSR count). The minimum atomic E-state index is -3.90. The fourth-order valence-electron chi connectivity index (χ4n) is 2.68. The molecule has 0 unspecified atom stereocenters. The smallest absolute Gasteiger partial charge is 0.411 e. The van der Waals surface area contributed by atoms with Crippen LogP contribution in [-0.2, 0) is 15.6 Å². The van der Waals surface area contributed by atoms with Gasteiger partial charge < -0.3 is 15.2 Å². The topological polar surface area (TPSA) is 163 Å². The molecule has 1 aliphatic rings. The molecule has 0 fully saturated rings. The summed E-state index contributed by atoms with van der Waals surface area (Å²) in [6.07, 6.45) is -0.525. The molecule has 1 aliphatic heterocycles. The van der Waals surface area contributed by atoms with Gasteiger partial charge in [0.15, 0.2) is 0 Å². The third kappa shape index (κ3) is 5.08. The molecule has 0 radical (unpaired) electrons. The van der Waals surface area contributed by atoms with E-state index in [-0.39, 0.29) is 28.2 Å². The van der Waals surface area contributed by atoms with Crippen LogP contribution < -0.4 is 15.4 Å². The lowest BCUT2D eigenvalue weighted by Gasteiger charge is -2.33. The number of carbonyl (C=O) groups excluding carboxylic acids is 1. The third-order valence-electron chi connectivity index (χ3n) is 4.15. The van der Waals surface area contributed by atoms with Gasteiger partial charge in [-0.05, 0) is 19.1 Å². The molecule has 0 aromatic carbocycles. The van der Waals surface area contributed by atoms with Crippen LogP contribution in [0.15, 0.2) is 28.7 Å². The van der Waals surface area contributed by atoms with Crippen LogP contribution in [0.5, 0.6) is 5.75 Å². The molecule has 0 bridgehead atoms. The maximum absolute atomic E-state index is 12.5. The number of hydrogen-bond donors (Lipinski definition) is 3. The summed E-state index contributed by atoms with van der Waals surface area (Å²) in [5.41, 5.74) is -1.51. The first kappa shape index (κ1) is 23.3. The summed E-state index contributed by atoms with van der Waals surface area (Å²) >= 11 is 1.01. The summed E-state index contributed by atoms with van der Waals surface area (Å²) in [5.74, 6) is -1.70. The summed E-state index contributed by atoms with van der Waals surface area (Å²) in [4.78, 5) is 35.5. The summed E-state index contributed by atoms with van der Waals surface area (Å²) in [6.45, 7) is -1.56. The number of carboxylic acid groups (broad SMARTS) is 1. The number of ether oxygens (including phenoxy) is 1. The zero-order valence-electron chi connectivity index (χ0n) is 16.4. The van der Waals surface area contributed by atoms with Crippen molar-refractivity contribution in [2.75, 3.05) is 18.1 Å². The van der Waals surface area contributed by atoms with Gasteiger partial charge in [0.05, 0.1) is 6.20 Å². The quantitative estimate of drug-likeness (QED) is 0.568. The van der Waals surface area contributed by atoms with Crippen LogP contribution >= 0.6 is 11.3 Å². The molecule has 172 valence electrons. The number of nitrogens with one attached hydrogen (secondary N) is 2. The number of amides is 2. The van der Waals surface area contributed by atoms with Crippen LogP contribution in [0.1, 0.15) is 22.4 Å². The highest BCUT2D eigenvalue weighted by Crippen LogP contribution is 2.35. The number of nitrogens with zero attached hydrogens (tertiary/aromatic N) is 4. The molecule has 0 saturated heterocycles. The van der Waals surface area contributed by atoms with Crippen molar-refractivity contribution in [2.45, 2.75) is 19.1 Å². The summed E-state index contributed by atoms with van der Waals surface area (Å²) < 4.78 is 54.2. The van der Waals surface area contributed by atoms with Gasteiger partial charge in [0.2, 0.25) is 16.0 Å². The monoisotopic (exact) mass is 490 g/mol. The Morgan fingerprint density at radius 3 is 2.66 bits per heavy atom. The first-order valence-corrected chi connectivity index (χ1v) is 11.1. The van der Waals surface area contributed by atoms with E-state index in [4.69, 9.17) is 5.11 Å². The summed E-state index contributed by atoms with van der Waals surface area (Å²) in [6, 6.07) is 2.33. The second kappa shape index (κ2) is 8.62. The maximum atomic E-state index is 12.5. The highest BCUT2D eigenvalue weighted by atomic mass is 32.2. The highest BCUT2D eigenvalue weighted by molar-refractivity contribution is 7.89. The number of carbonyl (C=O) groups is 2. The second-order valence-corrected chi connectivity index (χ2v) is 9.47. The van der Waals surface area contributed by atoms with Gasteiger partial charge in [0.25, 0.3) is 5.91 Å². The van der Waals surface area contributed by atoms with Crippen molar-refractivity contribution >= 4 is 45.1 Å². The van der Waals surface area contributed by atoms with Crippen molar-refractivity contribution in [1.29, 1.82) is 0 Å². The van der Waals surface area contributed by atoms with Crippen molar-refractivity contribution in [3.8, 4) is 5.75 Å². The zero-order valence-corrected chi connectivity index (χ0v) is 18.1. The van der Waals surface area contributed by atoms with E-state index < -0.39 is 39.9 Å². The van der Waals surface area contributed by atoms with Gasteiger partial charge in [0, 0.05) is 12.4 Å². The SMILES string of the molecule is CN1C(NC(=O)O)=N[C@](C)(c2nc(NC(=O)c3ccc(OC(F)F)cn3)cs2)CS1(=O)=O. The van der Waals surface area contributed by atoms with Crippen LogP contribution in [0.3, 0.4) is 0 Å². The van der Waals surface area contributed by atoms with Crippen molar-refractivity contribution < 1.29 is 36.6 Å². The fourth-order valence-corrected chi connectivity index (χ4v) is 5.08. The number of thiazole rings is 1. The number of hydrogen-bond acceptors (Lipinski definition) is 9. The van der Waals surface area contributed by atoms with E-state index in [2.05, 4.69) is 25.0 Å². The molecular weight excluding hydrogens is 474 g/mol. The number of aliphatic imine (C=N–C) groups is 1. The van der Waals surface area contributed by atoms with E-state index in [0.29, 0.717) is 0 Å². The molecule has 1 atom stereocenters. The Morgan fingerprint density at radius 1 is 1.34 bits per heavy atom. The van der Waals surface area contributed by atoms with Crippen LogP contribution in [0, 0.1) is 0 Å². The minimum Gasteiger partial charge on any atom is -0.465 e. The Kier molecular flexibility index (Phi) is 6.27. The van der Waals surface area contributed by atoms with Gasteiger partial charge >= 0.3 is 12.7 Å². The zero-order chi connectivity index (χ0) is 23.7. The van der Waals surface area contributed by atoms with E-state index in [9.17, 15) is 26.8 Å². The predicted octanol–water partition coefficient (Wildman–Crippen LogP) is 1.51. The number of anilines is 1. The number of sulfonamides is 1. The van der Waals surface area contributed by atoms with Crippen LogP contribution in [0.4, 0.5) is 19.4 Å². The molecule has 2 aromatic heterocycles. The van der Waals surface area contributed by atoms with E-state index >= 15 is 0 Å². The van der Waals surface area contributed by atoms with Crippen LogP contribution in [-0.4, -0.2) is 65.2 Å². The number of halogens is 2. The lowest BCUT2D eigenvalue weighted by Crippen LogP contribution is -2.53. The Hall–Kier alpha value is -3.40. The Labute approximate surface area is 184 Å². The van der Waals surface area contributed by atoms with E-state index in [1.165, 1.54) is 25.4 Å². The molecule has 32 heavy (non-hydrogen) atoms. The van der Waals surface area contributed by atoms with Crippen molar-refractivity contribution in [1.82, 2.24) is 19.6 Å². The number of alkyl halides is 2. The number of guanidine groups is 1. The molecule has 0 saturated carbocycles. The van der Waals surface area contributed by atoms with Gasteiger partial charge in [-0.15, -0.1) is 11.3 Å². The van der Waals surface area contributed by atoms with Crippen LogP contribution in [0.2, 0.25) is 0 Å². The molecule has 0 spiro atoms. The Bertz CT molecular complexity index is 1170. The molecule has 3 N–H and O–H groups in total. The summed E-state index contributed by atoms with van der Waals surface area (Å²) in [5, 5.41) is 15.0. The predicted molar refractivity (Wildman–Crippen MR) is 108 cm³/mol. The maximum Gasteiger partial charge on any atom is 0.411 e. The van der Waals surface area contributed by atoms with Gasteiger partial charge in [-0.1, -0.05) is 0 Å². The number of pyridine rings is 1. The fraction of sp³-hybridized carbons (Fsp3) is 0.312. The average molecular weight is 490 g/mol. The lowest BCUT2D eigenvalue weighted by molar-refractivity contribution is -0.0500. The normalized spacial score (nSPS) is 19.9. The second-order valence-electron chi connectivity index (χ2n) is 6.61. The van der Waals surface area contributed by atoms with Crippen LogP contribution in [0.25, 0.3) is 0 Å². The molecule has 2 amide bonds. The molecular formula is C16H16F2N6O6S2. The van der Waals surface area contributed by atoms with Crippen molar-refractivity contribution in [3.63, 3.8) is 0 Å².